The van der Waals surface area contributed by atoms with Gasteiger partial charge < -0.3 is 0 Å². The lowest BCUT2D eigenvalue weighted by molar-refractivity contribution is 1.37. The van der Waals surface area contributed by atoms with E-state index in [0.717, 1.165) is 10.6 Å². The van der Waals surface area contributed by atoms with Crippen LogP contribution >= 0.6 is 11.6 Å². The van der Waals surface area contributed by atoms with Crippen molar-refractivity contribution in [1.82, 2.24) is 0 Å². The smallest absolute Gasteiger partial charge is 0.0435 e. The summed E-state index contributed by atoms with van der Waals surface area (Å²) in [6.07, 6.45) is 0. The summed E-state index contributed by atoms with van der Waals surface area (Å²) in [4.78, 5) is 0. The summed E-state index contributed by atoms with van der Waals surface area (Å²) in [7, 11) is 0. The summed E-state index contributed by atoms with van der Waals surface area (Å²) in [5.41, 5.74) is 6.25. The van der Waals surface area contributed by atoms with Crippen LogP contribution in [0, 0.1) is 20.8 Å². The highest BCUT2D eigenvalue weighted by atomic mass is 35.5. The predicted octanol–water partition coefficient (Wildman–Crippen LogP) is 4.93. The van der Waals surface area contributed by atoms with Crippen LogP contribution in [-0.2, 0) is 0 Å². The van der Waals surface area contributed by atoms with Crippen molar-refractivity contribution in [2.24, 2.45) is 0 Å². The Morgan fingerprint density at radius 1 is 0.812 bits per heavy atom. The van der Waals surface area contributed by atoms with Gasteiger partial charge in [0.25, 0.3) is 0 Å². The van der Waals surface area contributed by atoms with Crippen LogP contribution in [0.25, 0.3) is 11.1 Å². The van der Waals surface area contributed by atoms with Crippen molar-refractivity contribution in [3.05, 3.63) is 58.1 Å². The number of hydrogen-bond acceptors (Lipinski definition) is 0. The van der Waals surface area contributed by atoms with Gasteiger partial charge in [0.05, 0.1) is 0 Å². The van der Waals surface area contributed by atoms with E-state index in [1.54, 1.807) is 0 Å². The van der Waals surface area contributed by atoms with Crippen molar-refractivity contribution in [3.8, 4) is 11.1 Å². The van der Waals surface area contributed by atoms with Crippen LogP contribution in [0.4, 0.5) is 0 Å². The first-order valence-corrected chi connectivity index (χ1v) is 5.79. The second kappa shape index (κ2) is 4.31. The van der Waals surface area contributed by atoms with Crippen LogP contribution in [-0.4, -0.2) is 0 Å². The molecule has 82 valence electrons. The monoisotopic (exact) mass is 230 g/mol. The van der Waals surface area contributed by atoms with Crippen LogP contribution in [0.15, 0.2) is 36.4 Å². The van der Waals surface area contributed by atoms with Gasteiger partial charge in [-0.1, -0.05) is 41.4 Å². The molecule has 16 heavy (non-hydrogen) atoms. The van der Waals surface area contributed by atoms with Crippen molar-refractivity contribution < 1.29 is 0 Å². The van der Waals surface area contributed by atoms with Crippen LogP contribution in [0.5, 0.6) is 0 Å². The molecule has 0 aromatic heterocycles. The molecule has 0 heterocycles. The molecule has 0 aliphatic carbocycles. The third-order valence-electron chi connectivity index (χ3n) is 2.85. The van der Waals surface area contributed by atoms with Crippen molar-refractivity contribution >= 4 is 11.6 Å². The van der Waals surface area contributed by atoms with E-state index in [2.05, 4.69) is 44.2 Å². The first kappa shape index (κ1) is 11.2. The molecule has 0 N–H and O–H groups in total. The van der Waals surface area contributed by atoms with Crippen LogP contribution in [0.2, 0.25) is 5.02 Å². The lowest BCUT2D eigenvalue weighted by Gasteiger charge is -2.08. The van der Waals surface area contributed by atoms with Gasteiger partial charge >= 0.3 is 0 Å². The summed E-state index contributed by atoms with van der Waals surface area (Å²) in [6, 6.07) is 12.7. The topological polar surface area (TPSA) is 0 Å². The molecule has 0 spiro atoms. The zero-order valence-electron chi connectivity index (χ0n) is 9.84. The van der Waals surface area contributed by atoms with E-state index in [9.17, 15) is 0 Å². The minimum absolute atomic E-state index is 0.827. The maximum atomic E-state index is 6.03. The summed E-state index contributed by atoms with van der Waals surface area (Å²) < 4.78 is 0. The van der Waals surface area contributed by atoms with Gasteiger partial charge in [0.1, 0.15) is 0 Å². The Bertz CT molecular complexity index is 527. The maximum Gasteiger partial charge on any atom is 0.0435 e. The van der Waals surface area contributed by atoms with E-state index in [1.165, 1.54) is 22.3 Å². The molecular weight excluding hydrogens is 216 g/mol. The second-order valence-electron chi connectivity index (χ2n) is 4.28. The highest BCUT2D eigenvalue weighted by Crippen LogP contribution is 2.27. The Labute approximate surface area is 102 Å². The number of rotatable bonds is 1. The van der Waals surface area contributed by atoms with E-state index < -0.39 is 0 Å². The quantitative estimate of drug-likeness (QED) is 0.652. The van der Waals surface area contributed by atoms with E-state index in [0.29, 0.717) is 0 Å². The predicted molar refractivity (Wildman–Crippen MR) is 71.1 cm³/mol. The Balaban J connectivity index is 2.54. The molecule has 0 fully saturated rings. The van der Waals surface area contributed by atoms with Crippen LogP contribution in [0.1, 0.15) is 16.7 Å². The van der Waals surface area contributed by atoms with Crippen molar-refractivity contribution in [2.45, 2.75) is 20.8 Å². The molecule has 2 aromatic rings. The highest BCUT2D eigenvalue weighted by Gasteiger charge is 2.03. The fourth-order valence-electron chi connectivity index (χ4n) is 1.95. The number of halogens is 1. The average molecular weight is 231 g/mol. The SMILES string of the molecule is Cc1ccc(-c2ccc(Cl)c(C)c2)c(C)c1. The second-order valence-corrected chi connectivity index (χ2v) is 4.69. The molecule has 0 atom stereocenters. The first-order chi connectivity index (χ1) is 7.58. The molecule has 0 nitrogen and oxygen atoms in total. The molecule has 0 radical (unpaired) electrons. The molecule has 0 aliphatic heterocycles. The van der Waals surface area contributed by atoms with Gasteiger partial charge in [-0.15, -0.1) is 0 Å². The molecular formula is C15H15Cl. The summed E-state index contributed by atoms with van der Waals surface area (Å²) in [5.74, 6) is 0. The van der Waals surface area contributed by atoms with Crippen molar-refractivity contribution in [3.63, 3.8) is 0 Å². The van der Waals surface area contributed by atoms with E-state index in [4.69, 9.17) is 11.6 Å². The van der Waals surface area contributed by atoms with Gasteiger partial charge in [0, 0.05) is 5.02 Å². The Hall–Kier alpha value is -1.27. The number of hydrogen-bond donors (Lipinski definition) is 0. The average Bonchev–Trinajstić information content (AvgIpc) is 2.22. The largest absolute Gasteiger partial charge is 0.0841 e. The third kappa shape index (κ3) is 2.12. The van der Waals surface area contributed by atoms with Gasteiger partial charge in [-0.3, -0.25) is 0 Å². The minimum Gasteiger partial charge on any atom is -0.0841 e. The summed E-state index contributed by atoms with van der Waals surface area (Å²) in [6.45, 7) is 6.30. The number of aryl methyl sites for hydroxylation is 3. The lowest BCUT2D eigenvalue weighted by atomic mass is 9.98. The normalized spacial score (nSPS) is 10.5. The first-order valence-electron chi connectivity index (χ1n) is 5.42. The van der Waals surface area contributed by atoms with E-state index in [1.807, 2.05) is 13.0 Å². The fraction of sp³-hybridized carbons (Fsp3) is 0.200. The van der Waals surface area contributed by atoms with Gasteiger partial charge in [-0.05, 0) is 55.2 Å². The Kier molecular flexibility index (Phi) is 3.02. The standard InChI is InChI=1S/C15H15Cl/c1-10-4-6-14(11(2)8-10)13-5-7-15(16)12(3)9-13/h4-9H,1-3H3. The highest BCUT2D eigenvalue weighted by molar-refractivity contribution is 6.31. The molecule has 0 saturated carbocycles. The summed E-state index contributed by atoms with van der Waals surface area (Å²) in [5, 5.41) is 0.827. The molecule has 0 saturated heterocycles. The third-order valence-corrected chi connectivity index (χ3v) is 3.27. The van der Waals surface area contributed by atoms with Crippen molar-refractivity contribution in [1.29, 1.82) is 0 Å². The molecule has 1 heteroatoms. The summed E-state index contributed by atoms with van der Waals surface area (Å²) >= 11 is 6.03. The zero-order valence-corrected chi connectivity index (χ0v) is 10.6. The molecule has 0 amide bonds. The minimum atomic E-state index is 0.827. The molecule has 2 rings (SSSR count). The maximum absolute atomic E-state index is 6.03. The van der Waals surface area contributed by atoms with Gasteiger partial charge in [0.15, 0.2) is 0 Å². The van der Waals surface area contributed by atoms with Gasteiger partial charge in [-0.25, -0.2) is 0 Å². The molecule has 0 bridgehead atoms. The molecule has 2 aromatic carbocycles. The lowest BCUT2D eigenvalue weighted by Crippen LogP contribution is -1.86. The Morgan fingerprint density at radius 3 is 2.19 bits per heavy atom. The Morgan fingerprint density at radius 2 is 1.56 bits per heavy atom. The molecule has 0 unspecified atom stereocenters. The van der Waals surface area contributed by atoms with E-state index >= 15 is 0 Å². The molecule has 0 aliphatic rings. The van der Waals surface area contributed by atoms with Gasteiger partial charge in [-0.2, -0.15) is 0 Å². The van der Waals surface area contributed by atoms with Crippen molar-refractivity contribution in [2.75, 3.05) is 0 Å². The van der Waals surface area contributed by atoms with Gasteiger partial charge in [0.2, 0.25) is 0 Å². The van der Waals surface area contributed by atoms with Crippen LogP contribution in [0.3, 0.4) is 0 Å². The zero-order chi connectivity index (χ0) is 11.7. The van der Waals surface area contributed by atoms with Crippen LogP contribution < -0.4 is 0 Å². The fourth-order valence-corrected chi connectivity index (χ4v) is 2.07. The number of benzene rings is 2. The van der Waals surface area contributed by atoms with E-state index in [-0.39, 0.29) is 0 Å².